The van der Waals surface area contributed by atoms with Gasteiger partial charge in [-0.15, -0.1) is 0 Å². The van der Waals surface area contributed by atoms with Crippen molar-refractivity contribution in [3.05, 3.63) is 64.8 Å². The lowest BCUT2D eigenvalue weighted by molar-refractivity contribution is -0.153. The number of alkyl halides is 3. The van der Waals surface area contributed by atoms with Crippen LogP contribution in [0, 0.1) is 0 Å². The molecule has 2 N–H and O–H groups in total. The molecular weight excluding hydrogens is 365 g/mol. The Morgan fingerprint density at radius 2 is 1.96 bits per heavy atom. The van der Waals surface area contributed by atoms with Crippen LogP contribution < -0.4 is 10.1 Å². The highest BCUT2D eigenvalue weighted by Gasteiger charge is 2.28. The molecule has 138 valence electrons. The Hall–Kier alpha value is -2.18. The molecule has 7 heteroatoms. The van der Waals surface area contributed by atoms with E-state index in [2.05, 4.69) is 10.3 Å². The second-order valence-corrected chi connectivity index (χ2v) is 6.42. The average Bonchev–Trinajstić information content (AvgIpc) is 2.99. The fourth-order valence-electron chi connectivity index (χ4n) is 2.73. The van der Waals surface area contributed by atoms with E-state index in [0.717, 1.165) is 29.4 Å². The zero-order valence-electron chi connectivity index (χ0n) is 13.9. The summed E-state index contributed by atoms with van der Waals surface area (Å²) in [7, 11) is 0. The third-order valence-corrected chi connectivity index (χ3v) is 4.17. The van der Waals surface area contributed by atoms with Crippen LogP contribution in [0.5, 0.6) is 5.75 Å². The average molecular weight is 383 g/mol. The van der Waals surface area contributed by atoms with E-state index in [4.69, 9.17) is 16.3 Å². The minimum Gasteiger partial charge on any atom is -0.484 e. The summed E-state index contributed by atoms with van der Waals surface area (Å²) in [4.78, 5) is 3.20. The molecule has 0 unspecified atom stereocenters. The summed E-state index contributed by atoms with van der Waals surface area (Å²) < 4.78 is 41.4. The van der Waals surface area contributed by atoms with Crippen LogP contribution in [0.4, 0.5) is 13.2 Å². The molecule has 0 spiro atoms. The number of halogens is 4. The molecular formula is C19H18ClF3N2O. The standard InChI is InChI=1S/C19H18ClF3N2O/c20-15-4-5-17-14(11-25-18(17)9-15)6-7-24-10-13-2-1-3-16(8-13)26-12-19(21,22)23/h1-5,8-9,11,24-25H,6-7,10,12H2. The number of nitrogens with one attached hydrogen (secondary N) is 2. The van der Waals surface area contributed by atoms with Crippen LogP contribution in [-0.4, -0.2) is 24.3 Å². The summed E-state index contributed by atoms with van der Waals surface area (Å²) in [6.07, 6.45) is -1.54. The monoisotopic (exact) mass is 382 g/mol. The molecule has 0 fully saturated rings. The van der Waals surface area contributed by atoms with E-state index >= 15 is 0 Å². The highest BCUT2D eigenvalue weighted by molar-refractivity contribution is 6.31. The van der Waals surface area contributed by atoms with Gasteiger partial charge in [0.1, 0.15) is 5.75 Å². The van der Waals surface area contributed by atoms with Crippen molar-refractivity contribution in [2.45, 2.75) is 19.1 Å². The van der Waals surface area contributed by atoms with Crippen LogP contribution in [-0.2, 0) is 13.0 Å². The molecule has 0 aliphatic carbocycles. The number of hydrogen-bond donors (Lipinski definition) is 2. The second-order valence-electron chi connectivity index (χ2n) is 5.98. The first-order valence-corrected chi connectivity index (χ1v) is 8.53. The summed E-state index contributed by atoms with van der Waals surface area (Å²) in [5.41, 5.74) is 3.06. The number of hydrogen-bond acceptors (Lipinski definition) is 2. The van der Waals surface area contributed by atoms with Crippen LogP contribution in [0.3, 0.4) is 0 Å². The first kappa shape index (κ1) is 18.6. The maximum Gasteiger partial charge on any atom is 0.422 e. The van der Waals surface area contributed by atoms with E-state index in [0.29, 0.717) is 11.6 Å². The normalized spacial score (nSPS) is 11.8. The molecule has 0 radical (unpaired) electrons. The van der Waals surface area contributed by atoms with Crippen molar-refractivity contribution in [1.82, 2.24) is 10.3 Å². The molecule has 0 amide bonds. The highest BCUT2D eigenvalue weighted by Crippen LogP contribution is 2.22. The minimum absolute atomic E-state index is 0.218. The van der Waals surface area contributed by atoms with Crippen LogP contribution in [0.1, 0.15) is 11.1 Å². The van der Waals surface area contributed by atoms with Gasteiger partial charge >= 0.3 is 6.18 Å². The summed E-state index contributed by atoms with van der Waals surface area (Å²) in [5.74, 6) is 0.218. The molecule has 3 rings (SSSR count). The first-order valence-electron chi connectivity index (χ1n) is 8.15. The lowest BCUT2D eigenvalue weighted by Crippen LogP contribution is -2.19. The molecule has 3 nitrogen and oxygen atoms in total. The minimum atomic E-state index is -4.34. The molecule has 0 saturated carbocycles. The van der Waals surface area contributed by atoms with Gasteiger partial charge in [0.25, 0.3) is 0 Å². The third-order valence-electron chi connectivity index (χ3n) is 3.93. The van der Waals surface area contributed by atoms with Gasteiger partial charge in [0.05, 0.1) is 0 Å². The van der Waals surface area contributed by atoms with Gasteiger partial charge in [0.15, 0.2) is 6.61 Å². The van der Waals surface area contributed by atoms with E-state index in [1.165, 1.54) is 11.6 Å². The quantitative estimate of drug-likeness (QED) is 0.558. The van der Waals surface area contributed by atoms with E-state index < -0.39 is 12.8 Å². The molecule has 0 atom stereocenters. The molecule has 0 saturated heterocycles. The van der Waals surface area contributed by atoms with E-state index in [-0.39, 0.29) is 5.75 Å². The Morgan fingerprint density at radius 1 is 1.12 bits per heavy atom. The van der Waals surface area contributed by atoms with Gasteiger partial charge in [-0.2, -0.15) is 13.2 Å². The maximum absolute atomic E-state index is 12.2. The van der Waals surface area contributed by atoms with E-state index in [1.54, 1.807) is 12.1 Å². The van der Waals surface area contributed by atoms with Gasteiger partial charge in [-0.1, -0.05) is 29.8 Å². The van der Waals surface area contributed by atoms with E-state index in [9.17, 15) is 13.2 Å². The van der Waals surface area contributed by atoms with Crippen molar-refractivity contribution in [1.29, 1.82) is 0 Å². The van der Waals surface area contributed by atoms with Crippen LogP contribution in [0.25, 0.3) is 10.9 Å². The predicted octanol–water partition coefficient (Wildman–Crippen LogP) is 5.09. The number of ether oxygens (including phenoxy) is 1. The molecule has 2 aromatic carbocycles. The van der Waals surface area contributed by atoms with E-state index in [1.807, 2.05) is 30.5 Å². The van der Waals surface area contributed by atoms with Gasteiger partial charge in [-0.25, -0.2) is 0 Å². The van der Waals surface area contributed by atoms with Crippen molar-refractivity contribution in [2.24, 2.45) is 0 Å². The Morgan fingerprint density at radius 3 is 2.77 bits per heavy atom. The topological polar surface area (TPSA) is 37.0 Å². The number of rotatable bonds is 7. The Balaban J connectivity index is 1.50. The lowest BCUT2D eigenvalue weighted by Gasteiger charge is -2.10. The van der Waals surface area contributed by atoms with Crippen molar-refractivity contribution in [2.75, 3.05) is 13.2 Å². The number of benzene rings is 2. The van der Waals surface area contributed by atoms with Gasteiger partial charge < -0.3 is 15.0 Å². The fraction of sp³-hybridized carbons (Fsp3) is 0.263. The van der Waals surface area contributed by atoms with Crippen LogP contribution in [0.15, 0.2) is 48.7 Å². The number of aromatic amines is 1. The zero-order valence-corrected chi connectivity index (χ0v) is 14.6. The van der Waals surface area contributed by atoms with Gasteiger partial charge in [0.2, 0.25) is 0 Å². The third kappa shape index (κ3) is 5.16. The van der Waals surface area contributed by atoms with Crippen molar-refractivity contribution in [3.8, 4) is 5.75 Å². The second kappa shape index (κ2) is 8.01. The van der Waals surface area contributed by atoms with Crippen molar-refractivity contribution < 1.29 is 17.9 Å². The smallest absolute Gasteiger partial charge is 0.422 e. The van der Waals surface area contributed by atoms with Crippen LogP contribution >= 0.6 is 11.6 Å². The van der Waals surface area contributed by atoms with Crippen molar-refractivity contribution >= 4 is 22.5 Å². The molecule has 3 aromatic rings. The molecule has 0 bridgehead atoms. The summed E-state index contributed by atoms with van der Waals surface area (Å²) in [5, 5.41) is 5.13. The zero-order chi connectivity index (χ0) is 18.6. The number of aromatic nitrogens is 1. The highest BCUT2D eigenvalue weighted by atomic mass is 35.5. The van der Waals surface area contributed by atoms with Crippen LogP contribution in [0.2, 0.25) is 5.02 Å². The summed E-state index contributed by atoms with van der Waals surface area (Å²) >= 11 is 5.98. The SMILES string of the molecule is FC(F)(F)COc1cccc(CNCCc2c[nH]c3cc(Cl)ccc23)c1. The molecule has 26 heavy (non-hydrogen) atoms. The summed E-state index contributed by atoms with van der Waals surface area (Å²) in [6.45, 7) is 0.00901. The fourth-order valence-corrected chi connectivity index (χ4v) is 2.90. The van der Waals surface area contributed by atoms with Gasteiger partial charge in [-0.3, -0.25) is 0 Å². The summed E-state index contributed by atoms with van der Waals surface area (Å²) in [6, 6.07) is 12.4. The Kier molecular flexibility index (Phi) is 5.74. The molecule has 1 heterocycles. The molecule has 0 aliphatic heterocycles. The number of H-pyrrole nitrogens is 1. The molecule has 1 aromatic heterocycles. The van der Waals surface area contributed by atoms with Crippen molar-refractivity contribution in [3.63, 3.8) is 0 Å². The molecule has 0 aliphatic rings. The van der Waals surface area contributed by atoms with Gasteiger partial charge in [0, 0.05) is 28.7 Å². The predicted molar refractivity (Wildman–Crippen MR) is 96.7 cm³/mol. The maximum atomic E-state index is 12.2. The largest absolute Gasteiger partial charge is 0.484 e. The first-order chi connectivity index (χ1) is 12.4. The number of fused-ring (bicyclic) bond motifs is 1. The van der Waals surface area contributed by atoms with Gasteiger partial charge in [-0.05, 0) is 48.4 Å². The lowest BCUT2D eigenvalue weighted by atomic mass is 10.1. The Bertz CT molecular complexity index is 877. The Labute approximate surface area is 154 Å².